The molecule has 2 aromatic rings. The third kappa shape index (κ3) is 2.53. The molecule has 1 aromatic carbocycles. The Hall–Kier alpha value is -1.52. The highest BCUT2D eigenvalue weighted by atomic mass is 35.5. The van der Waals surface area contributed by atoms with Gasteiger partial charge in [0, 0.05) is 30.8 Å². The predicted octanol–water partition coefficient (Wildman–Crippen LogP) is 3.39. The average Bonchev–Trinajstić information content (AvgIpc) is 2.90. The topological polar surface area (TPSA) is 46.9 Å². The number of fused-ring (bicyclic) bond motifs is 1. The fourth-order valence-corrected chi connectivity index (χ4v) is 2.93. The van der Waals surface area contributed by atoms with E-state index in [4.69, 9.17) is 23.2 Å². The number of carbonyl (C=O) groups excluding carboxylic acids is 1. The minimum atomic E-state index is -0.0773. The van der Waals surface area contributed by atoms with Crippen molar-refractivity contribution in [3.63, 3.8) is 0 Å². The van der Waals surface area contributed by atoms with Crippen LogP contribution < -0.4 is 5.32 Å². The van der Waals surface area contributed by atoms with E-state index in [2.05, 4.69) is 14.9 Å². The van der Waals surface area contributed by atoms with Crippen molar-refractivity contribution >= 4 is 34.8 Å². The molecule has 1 N–H and O–H groups in total. The molecule has 1 atom stereocenters. The number of nitrogens with one attached hydrogen (secondary N) is 1. The van der Waals surface area contributed by atoms with E-state index >= 15 is 0 Å². The Kier molecular flexibility index (Phi) is 3.68. The SMILES string of the molecule is O=C(Nc1c(Cl)cccc1Cl)C1CCn2cncc2C1. The van der Waals surface area contributed by atoms with Crippen LogP contribution in [0.15, 0.2) is 30.7 Å². The number of aryl methyl sites for hydroxylation is 1. The highest BCUT2D eigenvalue weighted by Crippen LogP contribution is 2.31. The van der Waals surface area contributed by atoms with Gasteiger partial charge >= 0.3 is 0 Å². The van der Waals surface area contributed by atoms with Crippen molar-refractivity contribution in [2.75, 3.05) is 5.32 Å². The molecule has 104 valence electrons. The minimum Gasteiger partial charge on any atom is -0.335 e. The van der Waals surface area contributed by atoms with Gasteiger partial charge in [0.05, 0.1) is 22.1 Å². The standard InChI is InChI=1S/C14H13Cl2N3O/c15-11-2-1-3-12(16)13(11)18-14(20)9-4-5-19-8-17-7-10(19)6-9/h1-3,7-9H,4-6H2,(H,18,20). The Morgan fingerprint density at radius 2 is 2.10 bits per heavy atom. The van der Waals surface area contributed by atoms with Crippen LogP contribution in [-0.4, -0.2) is 15.5 Å². The molecule has 3 rings (SSSR count). The van der Waals surface area contributed by atoms with Crippen molar-refractivity contribution in [1.29, 1.82) is 0 Å². The number of nitrogens with zero attached hydrogens (tertiary/aromatic N) is 2. The zero-order valence-electron chi connectivity index (χ0n) is 10.6. The number of anilines is 1. The first-order valence-electron chi connectivity index (χ1n) is 6.39. The maximum atomic E-state index is 12.3. The maximum Gasteiger partial charge on any atom is 0.228 e. The molecule has 1 aliphatic heterocycles. The number of imidazole rings is 1. The molecule has 20 heavy (non-hydrogen) atoms. The van der Waals surface area contributed by atoms with Gasteiger partial charge in [0.15, 0.2) is 0 Å². The summed E-state index contributed by atoms with van der Waals surface area (Å²) in [6.07, 6.45) is 5.08. The second-order valence-electron chi connectivity index (χ2n) is 4.85. The Morgan fingerprint density at radius 3 is 2.85 bits per heavy atom. The quantitative estimate of drug-likeness (QED) is 0.924. The summed E-state index contributed by atoms with van der Waals surface area (Å²) in [5, 5.41) is 3.74. The Bertz CT molecular complexity index is 633. The summed E-state index contributed by atoms with van der Waals surface area (Å²) in [5.41, 5.74) is 1.57. The van der Waals surface area contributed by atoms with Crippen LogP contribution in [0.2, 0.25) is 10.0 Å². The van der Waals surface area contributed by atoms with E-state index in [1.807, 2.05) is 6.20 Å². The van der Waals surface area contributed by atoms with E-state index in [0.717, 1.165) is 18.7 Å². The number of rotatable bonds is 2. The van der Waals surface area contributed by atoms with Crippen LogP contribution in [0, 0.1) is 5.92 Å². The third-order valence-electron chi connectivity index (χ3n) is 3.55. The molecule has 0 aliphatic carbocycles. The number of para-hydroxylation sites is 1. The Balaban J connectivity index is 1.75. The average molecular weight is 310 g/mol. The summed E-state index contributed by atoms with van der Waals surface area (Å²) < 4.78 is 2.08. The van der Waals surface area contributed by atoms with Gasteiger partial charge in [0.25, 0.3) is 0 Å². The summed E-state index contributed by atoms with van der Waals surface area (Å²) in [5.74, 6) is -0.126. The zero-order valence-corrected chi connectivity index (χ0v) is 12.2. The number of hydrogen-bond acceptors (Lipinski definition) is 2. The lowest BCUT2D eigenvalue weighted by Crippen LogP contribution is -2.30. The van der Waals surface area contributed by atoms with Gasteiger partial charge in [-0.3, -0.25) is 4.79 Å². The summed E-state index contributed by atoms with van der Waals surface area (Å²) in [7, 11) is 0. The molecule has 0 fully saturated rings. The molecule has 0 saturated carbocycles. The van der Waals surface area contributed by atoms with Crippen molar-refractivity contribution in [2.24, 2.45) is 5.92 Å². The van der Waals surface area contributed by atoms with E-state index in [1.165, 1.54) is 0 Å². The van der Waals surface area contributed by atoms with Gasteiger partial charge in [-0.05, 0) is 18.6 Å². The monoisotopic (exact) mass is 309 g/mol. The van der Waals surface area contributed by atoms with Gasteiger partial charge in [0.2, 0.25) is 5.91 Å². The first kappa shape index (κ1) is 13.5. The minimum absolute atomic E-state index is 0.0487. The highest BCUT2D eigenvalue weighted by molar-refractivity contribution is 6.39. The van der Waals surface area contributed by atoms with E-state index in [1.54, 1.807) is 24.5 Å². The van der Waals surface area contributed by atoms with Crippen LogP contribution in [0.25, 0.3) is 0 Å². The van der Waals surface area contributed by atoms with Crippen LogP contribution in [0.4, 0.5) is 5.69 Å². The predicted molar refractivity (Wildman–Crippen MR) is 79.1 cm³/mol. The number of amides is 1. The van der Waals surface area contributed by atoms with Crippen LogP contribution in [0.3, 0.4) is 0 Å². The van der Waals surface area contributed by atoms with Crippen LogP contribution in [0.5, 0.6) is 0 Å². The Labute approximate surface area is 126 Å². The van der Waals surface area contributed by atoms with Crippen molar-refractivity contribution < 1.29 is 4.79 Å². The Morgan fingerprint density at radius 1 is 1.35 bits per heavy atom. The molecular formula is C14H13Cl2N3O. The largest absolute Gasteiger partial charge is 0.335 e. The van der Waals surface area contributed by atoms with Crippen molar-refractivity contribution in [1.82, 2.24) is 9.55 Å². The van der Waals surface area contributed by atoms with E-state index in [0.29, 0.717) is 22.2 Å². The first-order valence-corrected chi connectivity index (χ1v) is 7.14. The number of hydrogen-bond donors (Lipinski definition) is 1. The van der Waals surface area contributed by atoms with E-state index in [-0.39, 0.29) is 11.8 Å². The number of benzene rings is 1. The molecule has 0 saturated heterocycles. The molecule has 0 spiro atoms. The van der Waals surface area contributed by atoms with Gasteiger partial charge in [-0.2, -0.15) is 0 Å². The number of halogens is 2. The molecule has 2 heterocycles. The van der Waals surface area contributed by atoms with Gasteiger partial charge in [-0.1, -0.05) is 29.3 Å². The summed E-state index contributed by atoms with van der Waals surface area (Å²) >= 11 is 12.1. The van der Waals surface area contributed by atoms with Crippen LogP contribution >= 0.6 is 23.2 Å². The number of carbonyl (C=O) groups is 1. The first-order chi connectivity index (χ1) is 9.65. The lowest BCUT2D eigenvalue weighted by Gasteiger charge is -2.23. The number of aromatic nitrogens is 2. The zero-order chi connectivity index (χ0) is 14.1. The molecule has 1 unspecified atom stereocenters. The molecule has 4 nitrogen and oxygen atoms in total. The van der Waals surface area contributed by atoms with Crippen molar-refractivity contribution in [3.8, 4) is 0 Å². The molecular weight excluding hydrogens is 297 g/mol. The smallest absolute Gasteiger partial charge is 0.228 e. The molecule has 6 heteroatoms. The second-order valence-corrected chi connectivity index (χ2v) is 5.67. The molecule has 0 radical (unpaired) electrons. The van der Waals surface area contributed by atoms with Crippen molar-refractivity contribution in [3.05, 3.63) is 46.5 Å². The lowest BCUT2D eigenvalue weighted by atomic mass is 9.95. The fourth-order valence-electron chi connectivity index (χ4n) is 2.44. The lowest BCUT2D eigenvalue weighted by molar-refractivity contribution is -0.120. The molecule has 0 bridgehead atoms. The van der Waals surface area contributed by atoms with Crippen LogP contribution in [0.1, 0.15) is 12.1 Å². The fraction of sp³-hybridized carbons (Fsp3) is 0.286. The van der Waals surface area contributed by atoms with Crippen LogP contribution in [-0.2, 0) is 17.8 Å². The summed E-state index contributed by atoms with van der Waals surface area (Å²) in [4.78, 5) is 16.4. The van der Waals surface area contributed by atoms with E-state index < -0.39 is 0 Å². The van der Waals surface area contributed by atoms with Gasteiger partial charge in [0.1, 0.15) is 0 Å². The summed E-state index contributed by atoms with van der Waals surface area (Å²) in [6, 6.07) is 5.16. The third-order valence-corrected chi connectivity index (χ3v) is 4.18. The van der Waals surface area contributed by atoms with Crippen molar-refractivity contribution in [2.45, 2.75) is 19.4 Å². The molecule has 1 aromatic heterocycles. The second kappa shape index (κ2) is 5.46. The van der Waals surface area contributed by atoms with Gasteiger partial charge < -0.3 is 9.88 Å². The van der Waals surface area contributed by atoms with Gasteiger partial charge in [-0.15, -0.1) is 0 Å². The maximum absolute atomic E-state index is 12.3. The normalized spacial score (nSPS) is 17.6. The highest BCUT2D eigenvalue weighted by Gasteiger charge is 2.25. The molecule has 1 amide bonds. The van der Waals surface area contributed by atoms with Gasteiger partial charge in [-0.25, -0.2) is 4.98 Å². The summed E-state index contributed by atoms with van der Waals surface area (Å²) in [6.45, 7) is 0.809. The molecule has 1 aliphatic rings. The van der Waals surface area contributed by atoms with E-state index in [9.17, 15) is 4.79 Å².